The molecule has 1 fully saturated rings. The van der Waals surface area contributed by atoms with Gasteiger partial charge in [-0.1, -0.05) is 39.0 Å². The van der Waals surface area contributed by atoms with Crippen LogP contribution in [-0.4, -0.2) is 32.8 Å². The summed E-state index contributed by atoms with van der Waals surface area (Å²) in [6, 6.07) is 0.496. The second kappa shape index (κ2) is 7.58. The van der Waals surface area contributed by atoms with Crippen LogP contribution in [0.3, 0.4) is 0 Å². The lowest BCUT2D eigenvalue weighted by atomic mass is 9.85. The monoisotopic (exact) mass is 265 g/mol. The average molecular weight is 265 g/mol. The number of aromatic nitrogens is 4. The summed E-state index contributed by atoms with van der Waals surface area (Å²) in [4.78, 5) is 1.54. The second-order valence-corrected chi connectivity index (χ2v) is 5.74. The molecule has 1 aromatic heterocycles. The second-order valence-electron chi connectivity index (χ2n) is 5.74. The molecule has 1 heterocycles. The van der Waals surface area contributed by atoms with Crippen molar-refractivity contribution in [1.82, 2.24) is 25.5 Å². The first kappa shape index (κ1) is 14.4. The van der Waals surface area contributed by atoms with Crippen molar-refractivity contribution in [1.29, 1.82) is 0 Å². The fourth-order valence-electron chi connectivity index (χ4n) is 3.10. The maximum Gasteiger partial charge on any atom is 0.176 e. The zero-order valence-electron chi connectivity index (χ0n) is 12.3. The Hall–Kier alpha value is -0.970. The maximum atomic E-state index is 4.28. The highest BCUT2D eigenvalue weighted by Crippen LogP contribution is 2.27. The summed E-state index contributed by atoms with van der Waals surface area (Å²) in [7, 11) is 1.82. The van der Waals surface area contributed by atoms with Gasteiger partial charge in [0, 0.05) is 12.5 Å². The van der Waals surface area contributed by atoms with Crippen molar-refractivity contribution in [2.24, 2.45) is 13.0 Å². The predicted octanol–water partition coefficient (Wildman–Crippen LogP) is 2.09. The summed E-state index contributed by atoms with van der Waals surface area (Å²) in [5, 5.41) is 15.8. The Morgan fingerprint density at radius 2 is 2.11 bits per heavy atom. The molecule has 1 N–H and O–H groups in total. The van der Waals surface area contributed by atoms with Crippen molar-refractivity contribution in [2.75, 3.05) is 6.54 Å². The van der Waals surface area contributed by atoms with E-state index in [0.29, 0.717) is 6.04 Å². The molecule has 1 unspecified atom stereocenters. The van der Waals surface area contributed by atoms with Crippen LogP contribution in [0.2, 0.25) is 0 Å². The highest BCUT2D eigenvalue weighted by atomic mass is 15.6. The molecule has 1 saturated carbocycles. The molecule has 1 atom stereocenters. The van der Waals surface area contributed by atoms with Crippen LogP contribution in [0.5, 0.6) is 0 Å². The fraction of sp³-hybridized carbons (Fsp3) is 0.929. The van der Waals surface area contributed by atoms with E-state index in [1.165, 1.54) is 44.9 Å². The van der Waals surface area contributed by atoms with Gasteiger partial charge in [-0.2, -0.15) is 4.80 Å². The maximum absolute atomic E-state index is 4.28. The Kier molecular flexibility index (Phi) is 5.76. The molecule has 2 rings (SSSR count). The molecule has 0 radical (unpaired) electrons. The smallest absolute Gasteiger partial charge is 0.176 e. The van der Waals surface area contributed by atoms with E-state index in [4.69, 9.17) is 0 Å². The van der Waals surface area contributed by atoms with Crippen molar-refractivity contribution in [3.8, 4) is 0 Å². The molecule has 5 nitrogen and oxygen atoms in total. The van der Waals surface area contributed by atoms with Crippen LogP contribution in [-0.2, 0) is 13.5 Å². The van der Waals surface area contributed by atoms with Gasteiger partial charge >= 0.3 is 0 Å². The lowest BCUT2D eigenvalue weighted by Gasteiger charge is -2.24. The van der Waals surface area contributed by atoms with E-state index in [9.17, 15) is 0 Å². The zero-order chi connectivity index (χ0) is 13.5. The van der Waals surface area contributed by atoms with Gasteiger partial charge in [-0.15, -0.1) is 10.2 Å². The third kappa shape index (κ3) is 4.90. The Balaban J connectivity index is 1.78. The van der Waals surface area contributed by atoms with Gasteiger partial charge in [-0.25, -0.2) is 0 Å². The summed E-state index contributed by atoms with van der Waals surface area (Å²) >= 11 is 0. The molecule has 0 aromatic carbocycles. The Labute approximate surface area is 116 Å². The summed E-state index contributed by atoms with van der Waals surface area (Å²) in [6.45, 7) is 3.17. The minimum absolute atomic E-state index is 0.496. The van der Waals surface area contributed by atoms with Crippen molar-refractivity contribution in [2.45, 2.75) is 64.3 Å². The van der Waals surface area contributed by atoms with Gasteiger partial charge < -0.3 is 5.32 Å². The van der Waals surface area contributed by atoms with Crippen molar-refractivity contribution in [3.63, 3.8) is 0 Å². The van der Waals surface area contributed by atoms with Crippen LogP contribution in [0.4, 0.5) is 0 Å². The number of hydrogen-bond acceptors (Lipinski definition) is 4. The first-order chi connectivity index (χ1) is 9.28. The Morgan fingerprint density at radius 3 is 2.74 bits per heavy atom. The summed E-state index contributed by atoms with van der Waals surface area (Å²) < 4.78 is 0. The van der Waals surface area contributed by atoms with Gasteiger partial charge in [-0.3, -0.25) is 0 Å². The minimum atomic E-state index is 0.496. The number of likely N-dealkylation sites (N-methyl/N-ethyl adjacent to an activating group) is 1. The van der Waals surface area contributed by atoms with Crippen molar-refractivity contribution in [3.05, 3.63) is 5.82 Å². The molecular weight excluding hydrogens is 238 g/mol. The third-order valence-corrected chi connectivity index (χ3v) is 4.12. The Morgan fingerprint density at radius 1 is 1.32 bits per heavy atom. The molecule has 0 saturated heterocycles. The van der Waals surface area contributed by atoms with Gasteiger partial charge in [0.05, 0.1) is 7.05 Å². The van der Waals surface area contributed by atoms with Gasteiger partial charge in [0.2, 0.25) is 0 Å². The molecule has 0 aliphatic heterocycles. The fourth-order valence-corrected chi connectivity index (χ4v) is 3.10. The minimum Gasteiger partial charge on any atom is -0.314 e. The zero-order valence-corrected chi connectivity index (χ0v) is 12.3. The molecule has 19 heavy (non-hydrogen) atoms. The van der Waals surface area contributed by atoms with Crippen molar-refractivity contribution >= 4 is 0 Å². The van der Waals surface area contributed by atoms with E-state index in [-0.39, 0.29) is 0 Å². The number of nitrogens with zero attached hydrogens (tertiary/aromatic N) is 4. The van der Waals surface area contributed by atoms with Gasteiger partial charge in [0.1, 0.15) is 0 Å². The van der Waals surface area contributed by atoms with E-state index in [1.807, 2.05) is 7.05 Å². The standard InChI is InChI=1S/C14H27N5/c1-3-15-13(11-14-16-18-19(2)17-14)10-9-12-7-5-4-6-8-12/h12-13,15H,3-11H2,1-2H3. The van der Waals surface area contributed by atoms with Crippen LogP contribution >= 0.6 is 0 Å². The molecule has 0 bridgehead atoms. The average Bonchev–Trinajstić information content (AvgIpc) is 2.83. The number of rotatable bonds is 7. The lowest BCUT2D eigenvalue weighted by molar-refractivity contribution is 0.312. The molecule has 1 aromatic rings. The Bertz CT molecular complexity index is 356. The van der Waals surface area contributed by atoms with Crippen LogP contribution < -0.4 is 5.32 Å². The topological polar surface area (TPSA) is 55.6 Å². The van der Waals surface area contributed by atoms with E-state index in [1.54, 1.807) is 4.80 Å². The first-order valence-electron chi connectivity index (χ1n) is 7.74. The van der Waals surface area contributed by atoms with E-state index in [2.05, 4.69) is 27.7 Å². The molecular formula is C14H27N5. The summed E-state index contributed by atoms with van der Waals surface area (Å²) in [6.07, 6.45) is 10.6. The molecule has 1 aliphatic rings. The van der Waals surface area contributed by atoms with Gasteiger partial charge in [-0.05, 0) is 30.5 Å². The van der Waals surface area contributed by atoms with Crippen LogP contribution in [0, 0.1) is 5.92 Å². The molecule has 0 spiro atoms. The molecule has 0 amide bonds. The summed E-state index contributed by atoms with van der Waals surface area (Å²) in [5.74, 6) is 1.81. The van der Waals surface area contributed by atoms with Crippen LogP contribution in [0.15, 0.2) is 0 Å². The number of tetrazole rings is 1. The molecule has 108 valence electrons. The SMILES string of the molecule is CCNC(CCC1CCCCC1)Cc1nnn(C)n1. The normalized spacial score (nSPS) is 18.6. The van der Waals surface area contributed by atoms with E-state index in [0.717, 1.165) is 24.7 Å². The number of nitrogens with one attached hydrogen (secondary N) is 1. The lowest BCUT2D eigenvalue weighted by Crippen LogP contribution is -2.32. The molecule has 1 aliphatic carbocycles. The quantitative estimate of drug-likeness (QED) is 0.820. The molecule has 5 heteroatoms. The first-order valence-corrected chi connectivity index (χ1v) is 7.74. The van der Waals surface area contributed by atoms with E-state index < -0.39 is 0 Å². The van der Waals surface area contributed by atoms with E-state index >= 15 is 0 Å². The largest absolute Gasteiger partial charge is 0.314 e. The van der Waals surface area contributed by atoms with Gasteiger partial charge in [0.25, 0.3) is 0 Å². The van der Waals surface area contributed by atoms with Crippen molar-refractivity contribution < 1.29 is 0 Å². The highest BCUT2D eigenvalue weighted by molar-refractivity contribution is 4.85. The third-order valence-electron chi connectivity index (χ3n) is 4.12. The number of hydrogen-bond donors (Lipinski definition) is 1. The highest BCUT2D eigenvalue weighted by Gasteiger charge is 2.17. The van der Waals surface area contributed by atoms with Gasteiger partial charge in [0.15, 0.2) is 5.82 Å². The summed E-state index contributed by atoms with van der Waals surface area (Å²) in [5.41, 5.74) is 0. The predicted molar refractivity (Wildman–Crippen MR) is 75.8 cm³/mol. The van der Waals surface area contributed by atoms with Crippen LogP contribution in [0.1, 0.15) is 57.7 Å². The van der Waals surface area contributed by atoms with Crippen LogP contribution in [0.25, 0.3) is 0 Å². The number of aryl methyl sites for hydroxylation is 1.